The maximum atomic E-state index is 11.9. The van der Waals surface area contributed by atoms with Gasteiger partial charge < -0.3 is 29.5 Å². The Morgan fingerprint density at radius 3 is 2.78 bits per heavy atom. The standard InChI is InChI=1S/C17H25N7O3/c25-9-3-18-15-14-16(21-17(20-15)23-7-10-27-11-8-23)24(12-19-14)6-5-22-4-1-2-13(22)26/h12,25H,1-11H2,(H,18,20,21). The van der Waals surface area contributed by atoms with Gasteiger partial charge in [0, 0.05) is 45.7 Å². The van der Waals surface area contributed by atoms with E-state index in [1.165, 1.54) is 0 Å². The van der Waals surface area contributed by atoms with E-state index in [1.54, 1.807) is 6.33 Å². The van der Waals surface area contributed by atoms with Crippen LogP contribution in [0.3, 0.4) is 0 Å². The van der Waals surface area contributed by atoms with Crippen LogP contribution in [0.15, 0.2) is 6.33 Å². The molecular weight excluding hydrogens is 350 g/mol. The molecule has 0 aliphatic carbocycles. The number of ether oxygens (including phenoxy) is 1. The number of aromatic nitrogens is 4. The van der Waals surface area contributed by atoms with Crippen LogP contribution in [-0.2, 0) is 16.1 Å². The first kappa shape index (κ1) is 17.9. The van der Waals surface area contributed by atoms with E-state index in [0.29, 0.717) is 56.6 Å². The number of fused-ring (bicyclic) bond motifs is 1. The van der Waals surface area contributed by atoms with Crippen molar-refractivity contribution in [2.75, 3.05) is 62.8 Å². The molecule has 0 saturated carbocycles. The topological polar surface area (TPSA) is 109 Å². The lowest BCUT2D eigenvalue weighted by Crippen LogP contribution is -2.37. The fourth-order valence-electron chi connectivity index (χ4n) is 3.47. The number of carbonyl (C=O) groups is 1. The van der Waals surface area contributed by atoms with Gasteiger partial charge >= 0.3 is 0 Å². The largest absolute Gasteiger partial charge is 0.395 e. The molecule has 10 nitrogen and oxygen atoms in total. The summed E-state index contributed by atoms with van der Waals surface area (Å²) in [5.74, 6) is 1.46. The minimum Gasteiger partial charge on any atom is -0.395 e. The molecule has 1 amide bonds. The first-order valence-corrected chi connectivity index (χ1v) is 9.44. The minimum atomic E-state index is 0.0101. The molecule has 0 aromatic carbocycles. The molecule has 0 unspecified atom stereocenters. The van der Waals surface area contributed by atoms with Gasteiger partial charge in [-0.1, -0.05) is 0 Å². The number of aliphatic hydroxyl groups is 1. The quantitative estimate of drug-likeness (QED) is 0.678. The van der Waals surface area contributed by atoms with E-state index in [1.807, 2.05) is 9.47 Å². The monoisotopic (exact) mass is 375 g/mol. The van der Waals surface area contributed by atoms with Crippen molar-refractivity contribution in [2.45, 2.75) is 19.4 Å². The van der Waals surface area contributed by atoms with Crippen LogP contribution >= 0.6 is 0 Å². The predicted octanol–water partition coefficient (Wildman–Crippen LogP) is -0.310. The smallest absolute Gasteiger partial charge is 0.229 e. The van der Waals surface area contributed by atoms with Crippen molar-refractivity contribution in [1.29, 1.82) is 0 Å². The van der Waals surface area contributed by atoms with Crippen molar-refractivity contribution in [1.82, 2.24) is 24.4 Å². The number of morpholine rings is 1. The number of likely N-dealkylation sites (tertiary alicyclic amines) is 1. The maximum Gasteiger partial charge on any atom is 0.229 e. The lowest BCUT2D eigenvalue weighted by molar-refractivity contribution is -0.127. The molecule has 2 aliphatic heterocycles. The molecule has 0 spiro atoms. The number of hydrogen-bond acceptors (Lipinski definition) is 8. The number of aliphatic hydroxyl groups excluding tert-OH is 1. The molecule has 27 heavy (non-hydrogen) atoms. The molecule has 10 heteroatoms. The van der Waals surface area contributed by atoms with Crippen LogP contribution in [0.4, 0.5) is 11.8 Å². The lowest BCUT2D eigenvalue weighted by atomic mass is 10.4. The summed E-state index contributed by atoms with van der Waals surface area (Å²) in [6.07, 6.45) is 3.32. The Bertz CT molecular complexity index is 803. The third-order valence-corrected chi connectivity index (χ3v) is 4.93. The number of carbonyl (C=O) groups excluding carboxylic acids is 1. The second-order valence-corrected chi connectivity index (χ2v) is 6.72. The zero-order valence-corrected chi connectivity index (χ0v) is 15.3. The van der Waals surface area contributed by atoms with Crippen molar-refractivity contribution in [3.05, 3.63) is 6.33 Å². The highest BCUT2D eigenvalue weighted by molar-refractivity contribution is 5.84. The number of hydrogen-bond donors (Lipinski definition) is 2. The highest BCUT2D eigenvalue weighted by Crippen LogP contribution is 2.23. The Balaban J connectivity index is 1.62. The highest BCUT2D eigenvalue weighted by atomic mass is 16.5. The Labute approximate surface area is 157 Å². The molecule has 2 N–H and O–H groups in total. The van der Waals surface area contributed by atoms with E-state index < -0.39 is 0 Å². The normalized spacial score (nSPS) is 17.9. The third-order valence-electron chi connectivity index (χ3n) is 4.93. The van der Waals surface area contributed by atoms with Gasteiger partial charge in [0.15, 0.2) is 17.0 Å². The van der Waals surface area contributed by atoms with Gasteiger partial charge in [0.25, 0.3) is 0 Å². The Kier molecular flexibility index (Phi) is 5.35. The summed E-state index contributed by atoms with van der Waals surface area (Å²) in [6, 6.07) is 0. The number of nitrogens with zero attached hydrogens (tertiary/aromatic N) is 6. The summed E-state index contributed by atoms with van der Waals surface area (Å²) < 4.78 is 7.39. The Morgan fingerprint density at radius 1 is 1.19 bits per heavy atom. The number of rotatable bonds is 7. The fourth-order valence-corrected chi connectivity index (χ4v) is 3.47. The van der Waals surface area contributed by atoms with Gasteiger partial charge in [0.2, 0.25) is 11.9 Å². The molecule has 0 radical (unpaired) electrons. The molecule has 2 aromatic rings. The molecule has 2 aliphatic rings. The molecule has 2 aromatic heterocycles. The fraction of sp³-hybridized carbons (Fsp3) is 0.647. The molecule has 2 saturated heterocycles. The Hall–Kier alpha value is -2.46. The van der Waals surface area contributed by atoms with Gasteiger partial charge in [-0.05, 0) is 6.42 Å². The average Bonchev–Trinajstić information content (AvgIpc) is 3.31. The van der Waals surface area contributed by atoms with Gasteiger partial charge in [-0.2, -0.15) is 9.97 Å². The van der Waals surface area contributed by atoms with Crippen LogP contribution in [0.5, 0.6) is 0 Å². The van der Waals surface area contributed by atoms with Crippen molar-refractivity contribution in [3.8, 4) is 0 Å². The molecule has 146 valence electrons. The van der Waals surface area contributed by atoms with Crippen LogP contribution < -0.4 is 10.2 Å². The van der Waals surface area contributed by atoms with Gasteiger partial charge in [-0.15, -0.1) is 0 Å². The van der Waals surface area contributed by atoms with Gasteiger partial charge in [-0.25, -0.2) is 4.98 Å². The van der Waals surface area contributed by atoms with E-state index in [4.69, 9.17) is 14.8 Å². The minimum absolute atomic E-state index is 0.0101. The first-order valence-electron chi connectivity index (χ1n) is 9.44. The number of imidazole rings is 1. The van der Waals surface area contributed by atoms with Crippen LogP contribution in [-0.4, -0.2) is 88.0 Å². The summed E-state index contributed by atoms with van der Waals surface area (Å²) >= 11 is 0. The highest BCUT2D eigenvalue weighted by Gasteiger charge is 2.22. The van der Waals surface area contributed by atoms with Crippen LogP contribution in [0, 0.1) is 0 Å². The van der Waals surface area contributed by atoms with Crippen LogP contribution in [0.25, 0.3) is 11.2 Å². The SMILES string of the molecule is O=C1CCCN1CCn1cnc2c(NCCO)nc(N3CCOCC3)nc21. The maximum absolute atomic E-state index is 11.9. The van der Waals surface area contributed by atoms with Crippen molar-refractivity contribution in [2.24, 2.45) is 0 Å². The predicted molar refractivity (Wildman–Crippen MR) is 99.7 cm³/mol. The average molecular weight is 375 g/mol. The van der Waals surface area contributed by atoms with Crippen molar-refractivity contribution < 1.29 is 14.6 Å². The molecule has 2 fully saturated rings. The molecule has 4 heterocycles. The second-order valence-electron chi connectivity index (χ2n) is 6.72. The van der Waals surface area contributed by atoms with E-state index in [-0.39, 0.29) is 12.5 Å². The number of anilines is 2. The number of amides is 1. The van der Waals surface area contributed by atoms with Crippen LogP contribution in [0.2, 0.25) is 0 Å². The lowest BCUT2D eigenvalue weighted by Gasteiger charge is -2.27. The van der Waals surface area contributed by atoms with Crippen molar-refractivity contribution >= 4 is 28.8 Å². The molecule has 0 bridgehead atoms. The summed E-state index contributed by atoms with van der Waals surface area (Å²) in [7, 11) is 0. The van der Waals surface area contributed by atoms with E-state index >= 15 is 0 Å². The first-order chi connectivity index (χ1) is 13.3. The molecule has 4 rings (SSSR count). The number of nitrogens with one attached hydrogen (secondary N) is 1. The van der Waals surface area contributed by atoms with E-state index in [9.17, 15) is 4.79 Å². The Morgan fingerprint density at radius 2 is 2.04 bits per heavy atom. The summed E-state index contributed by atoms with van der Waals surface area (Å²) in [6.45, 7) is 5.29. The zero-order valence-electron chi connectivity index (χ0n) is 15.3. The van der Waals surface area contributed by atoms with Gasteiger partial charge in [-0.3, -0.25) is 4.79 Å². The molecule has 0 atom stereocenters. The van der Waals surface area contributed by atoms with E-state index in [2.05, 4.69) is 20.2 Å². The van der Waals surface area contributed by atoms with Crippen LogP contribution in [0.1, 0.15) is 12.8 Å². The summed E-state index contributed by atoms with van der Waals surface area (Å²) in [5.41, 5.74) is 1.41. The van der Waals surface area contributed by atoms with Gasteiger partial charge in [0.05, 0.1) is 26.1 Å². The van der Waals surface area contributed by atoms with E-state index in [0.717, 1.165) is 31.7 Å². The summed E-state index contributed by atoms with van der Waals surface area (Å²) in [5, 5.41) is 12.3. The summed E-state index contributed by atoms with van der Waals surface area (Å²) in [4.78, 5) is 29.7. The van der Waals surface area contributed by atoms with Crippen molar-refractivity contribution in [3.63, 3.8) is 0 Å². The third kappa shape index (κ3) is 3.81. The molecular formula is C17H25N7O3. The van der Waals surface area contributed by atoms with Gasteiger partial charge in [0.1, 0.15) is 0 Å². The zero-order chi connectivity index (χ0) is 18.6. The second kappa shape index (κ2) is 8.05.